The van der Waals surface area contributed by atoms with Gasteiger partial charge in [-0.1, -0.05) is 69.6 Å². The molecule has 0 saturated heterocycles. The van der Waals surface area contributed by atoms with E-state index in [0.717, 1.165) is 0 Å². The summed E-state index contributed by atoms with van der Waals surface area (Å²) in [5.41, 5.74) is 0. The molecule has 0 nitrogen and oxygen atoms in total. The SMILES string of the molecule is CC(Cl)(Cl)Cl.CC(Cl)(Cl)Cl.ClCC(Cl)Cl. The van der Waals surface area contributed by atoms with E-state index in [0.29, 0.717) is 5.88 Å². The van der Waals surface area contributed by atoms with E-state index >= 15 is 0 Å². The molecular weight excluding hydrogens is 391 g/mol. The lowest BCUT2D eigenvalue weighted by Gasteiger charge is -1.94. The molecule has 9 heteroatoms. The van der Waals surface area contributed by atoms with Crippen molar-refractivity contribution in [3.05, 3.63) is 0 Å². The zero-order valence-corrected chi connectivity index (χ0v) is 14.5. The van der Waals surface area contributed by atoms with E-state index in [9.17, 15) is 0 Å². The summed E-state index contributed by atoms with van der Waals surface area (Å²) in [4.78, 5) is -0.406. The maximum atomic E-state index is 5.10. The molecule has 0 bridgehead atoms. The molecule has 0 heterocycles. The van der Waals surface area contributed by atoms with Crippen molar-refractivity contribution in [2.75, 3.05) is 5.88 Å². The predicted octanol–water partition coefficient (Wildman–Crippen LogP) is 6.78. The molecule has 0 aliphatic heterocycles. The number of hydrogen-bond acceptors (Lipinski definition) is 0. The van der Waals surface area contributed by atoms with Gasteiger partial charge in [0.25, 0.3) is 0 Å². The van der Waals surface area contributed by atoms with Gasteiger partial charge in [-0.05, 0) is 13.8 Å². The van der Waals surface area contributed by atoms with E-state index < -0.39 is 12.4 Å². The number of rotatable bonds is 1. The van der Waals surface area contributed by atoms with Gasteiger partial charge >= 0.3 is 0 Å². The third kappa shape index (κ3) is 167. The quantitative estimate of drug-likeness (QED) is 0.426. The molecule has 0 aromatic heterocycles. The van der Waals surface area contributed by atoms with Crippen LogP contribution in [0.4, 0.5) is 0 Å². The fourth-order valence-corrected chi connectivity index (χ4v) is 0. The lowest BCUT2D eigenvalue weighted by molar-refractivity contribution is 1.27. The summed E-state index contributed by atoms with van der Waals surface area (Å²) in [5, 5.41) is 0. The highest BCUT2D eigenvalue weighted by atomic mass is 35.6. The first-order valence-corrected chi connectivity index (χ1v) is 6.92. The van der Waals surface area contributed by atoms with Gasteiger partial charge in [0.05, 0.1) is 5.88 Å². The Morgan fingerprint density at radius 1 is 0.800 bits per heavy atom. The number of halogens is 9. The molecule has 0 radical (unpaired) electrons. The van der Waals surface area contributed by atoms with Crippen molar-refractivity contribution in [1.29, 1.82) is 0 Å². The van der Waals surface area contributed by atoms with Gasteiger partial charge in [-0.2, -0.15) is 0 Å². The standard InChI is InChI=1S/3C2H3Cl3/c2*1-2(3,4)5;3-1-2(4)5/h2*1H3;2H,1H2. The van der Waals surface area contributed by atoms with E-state index in [4.69, 9.17) is 104 Å². The largest absolute Gasteiger partial charge is 0.187 e. The summed E-state index contributed by atoms with van der Waals surface area (Å²) in [6.45, 7) is 2.97. The molecule has 0 amide bonds. The Morgan fingerprint density at radius 3 is 0.867 bits per heavy atom. The molecule has 0 N–H and O–H groups in total. The van der Waals surface area contributed by atoms with Gasteiger partial charge in [-0.25, -0.2) is 0 Å². The fraction of sp³-hybridized carbons (Fsp3) is 1.00. The summed E-state index contributed by atoms with van der Waals surface area (Å²) >= 11 is 45.6. The minimum absolute atomic E-state index is 0.309. The van der Waals surface area contributed by atoms with Gasteiger partial charge in [0.1, 0.15) is 4.84 Å². The molecule has 0 aliphatic rings. The molecule has 0 saturated carbocycles. The molecule has 0 rings (SSSR count). The maximum Gasteiger partial charge on any atom is 0.187 e. The summed E-state index contributed by atoms with van der Waals surface area (Å²) in [5.74, 6) is 0.309. The second-order valence-corrected chi connectivity index (χ2v) is 9.39. The van der Waals surface area contributed by atoms with Crippen LogP contribution in [-0.2, 0) is 0 Å². The smallest absolute Gasteiger partial charge is 0.124 e. The molecule has 0 aromatic rings. The zero-order valence-electron chi connectivity index (χ0n) is 7.69. The van der Waals surface area contributed by atoms with Crippen LogP contribution in [0.25, 0.3) is 0 Å². The highest BCUT2D eigenvalue weighted by Gasteiger charge is 2.07. The Hall–Kier alpha value is 2.61. The predicted molar refractivity (Wildman–Crippen MR) is 78.1 cm³/mol. The molecule has 15 heavy (non-hydrogen) atoms. The summed E-state index contributed by atoms with van der Waals surface area (Å²) in [7, 11) is 0. The lowest BCUT2D eigenvalue weighted by Crippen LogP contribution is -1.87. The third-order valence-electron chi connectivity index (χ3n) is 0.117. The second-order valence-electron chi connectivity index (χ2n) is 2.11. The van der Waals surface area contributed by atoms with Crippen LogP contribution >= 0.6 is 104 Å². The zero-order chi connectivity index (χ0) is 13.3. The molecule has 0 fully saturated rings. The average Bonchev–Trinajstić information content (AvgIpc) is 1.79. The van der Waals surface area contributed by atoms with Crippen molar-refractivity contribution in [3.63, 3.8) is 0 Å². The average molecular weight is 400 g/mol. The van der Waals surface area contributed by atoms with Crippen molar-refractivity contribution < 1.29 is 0 Å². The van der Waals surface area contributed by atoms with E-state index in [2.05, 4.69) is 0 Å². The van der Waals surface area contributed by atoms with Crippen molar-refractivity contribution >= 4 is 104 Å². The van der Waals surface area contributed by atoms with Gasteiger partial charge in [-0.15, -0.1) is 34.8 Å². The van der Waals surface area contributed by atoms with E-state index in [1.807, 2.05) is 0 Å². The Morgan fingerprint density at radius 2 is 0.867 bits per heavy atom. The first kappa shape index (κ1) is 22.8. The Kier molecular flexibility index (Phi) is 17.7. The van der Waals surface area contributed by atoms with Gasteiger partial charge in [0.15, 0.2) is 7.59 Å². The fourth-order valence-electron chi connectivity index (χ4n) is 0. The highest BCUT2D eigenvalue weighted by Crippen LogP contribution is 2.23. The van der Waals surface area contributed by atoms with Crippen LogP contribution in [0.1, 0.15) is 13.8 Å². The van der Waals surface area contributed by atoms with Gasteiger partial charge < -0.3 is 0 Å². The lowest BCUT2D eigenvalue weighted by atomic mass is 10.9. The summed E-state index contributed by atoms with van der Waals surface area (Å²) < 4.78 is -2.17. The van der Waals surface area contributed by atoms with Gasteiger partial charge in [0, 0.05) is 0 Å². The highest BCUT2D eigenvalue weighted by molar-refractivity contribution is 6.67. The molecule has 0 unspecified atom stereocenters. The number of hydrogen-bond donors (Lipinski definition) is 0. The van der Waals surface area contributed by atoms with E-state index in [1.165, 1.54) is 13.8 Å². The Balaban J connectivity index is -0.000000144. The van der Waals surface area contributed by atoms with E-state index in [1.54, 1.807) is 0 Å². The van der Waals surface area contributed by atoms with Crippen LogP contribution in [0.2, 0.25) is 0 Å². The van der Waals surface area contributed by atoms with Crippen molar-refractivity contribution in [3.8, 4) is 0 Å². The summed E-state index contributed by atoms with van der Waals surface area (Å²) in [6.07, 6.45) is 0. The minimum Gasteiger partial charge on any atom is -0.124 e. The Labute approximate surface area is 135 Å². The van der Waals surface area contributed by atoms with Gasteiger partial charge in [0.2, 0.25) is 0 Å². The maximum absolute atomic E-state index is 5.10. The van der Waals surface area contributed by atoms with Crippen molar-refractivity contribution in [1.82, 2.24) is 0 Å². The van der Waals surface area contributed by atoms with Gasteiger partial charge in [-0.3, -0.25) is 0 Å². The molecular formula is C6H9Cl9. The van der Waals surface area contributed by atoms with Crippen molar-refractivity contribution in [2.45, 2.75) is 26.3 Å². The van der Waals surface area contributed by atoms with Crippen LogP contribution in [0, 0.1) is 0 Å². The topological polar surface area (TPSA) is 0 Å². The van der Waals surface area contributed by atoms with Crippen molar-refractivity contribution in [2.24, 2.45) is 0 Å². The first-order valence-electron chi connectivity index (χ1n) is 3.25. The van der Waals surface area contributed by atoms with Crippen LogP contribution in [0.3, 0.4) is 0 Å². The van der Waals surface area contributed by atoms with Crippen LogP contribution in [0.5, 0.6) is 0 Å². The monoisotopic (exact) mass is 396 g/mol. The molecule has 0 atom stereocenters. The van der Waals surface area contributed by atoms with E-state index in [-0.39, 0.29) is 0 Å². The Bertz CT molecular complexity index is 97.5. The molecule has 0 aliphatic carbocycles. The van der Waals surface area contributed by atoms with Crippen LogP contribution < -0.4 is 0 Å². The number of alkyl halides is 9. The summed E-state index contributed by atoms with van der Waals surface area (Å²) in [6, 6.07) is 0. The molecule has 0 spiro atoms. The minimum atomic E-state index is -1.08. The third-order valence-corrected chi connectivity index (χ3v) is 1.05. The first-order chi connectivity index (χ1) is 6.27. The normalized spacial score (nSPS) is 11.2. The second kappa shape index (κ2) is 11.7. The molecule has 0 aromatic carbocycles. The van der Waals surface area contributed by atoms with Crippen LogP contribution in [0.15, 0.2) is 0 Å². The molecule has 96 valence electrons. The van der Waals surface area contributed by atoms with Crippen LogP contribution in [-0.4, -0.2) is 18.3 Å².